The molecular weight excluding hydrogens is 424 g/mol. The first-order chi connectivity index (χ1) is 16.4. The van der Waals surface area contributed by atoms with Crippen molar-refractivity contribution in [2.24, 2.45) is 11.3 Å². The van der Waals surface area contributed by atoms with Gasteiger partial charge in [0.2, 0.25) is 0 Å². The normalized spacial score (nSPS) is 23.5. The van der Waals surface area contributed by atoms with Crippen LogP contribution in [0.3, 0.4) is 0 Å². The molecule has 1 N–H and O–H groups in total. The van der Waals surface area contributed by atoms with E-state index >= 15 is 0 Å². The molecule has 5 nitrogen and oxygen atoms in total. The topological polar surface area (TPSA) is 58.6 Å². The van der Waals surface area contributed by atoms with E-state index in [1.807, 2.05) is 42.5 Å². The number of nitrogens with one attached hydrogen (secondary N) is 1. The lowest BCUT2D eigenvalue weighted by atomic mass is 9.71. The number of anilines is 2. The van der Waals surface area contributed by atoms with E-state index < -0.39 is 0 Å². The summed E-state index contributed by atoms with van der Waals surface area (Å²) in [5, 5.41) is 3.62. The second-order valence-corrected chi connectivity index (χ2v) is 10.4. The van der Waals surface area contributed by atoms with Gasteiger partial charge >= 0.3 is 5.97 Å². The molecule has 0 saturated heterocycles. The Morgan fingerprint density at radius 1 is 1.06 bits per heavy atom. The summed E-state index contributed by atoms with van der Waals surface area (Å²) in [6, 6.07) is 17.0. The summed E-state index contributed by atoms with van der Waals surface area (Å²) in [6.07, 6.45) is 8.63. The molecule has 0 saturated carbocycles. The SMILES string of the molecule is CC1(C)CC(=O)C2=C(C1)Nc1ccccc1N(CC(=O)Oc1ccccc1)C2C1CC=CCC1. The minimum atomic E-state index is -0.329. The number of Topliss-reactive ketones (excluding diaryl/α,β-unsaturated/α-hetero) is 1. The predicted octanol–water partition coefficient (Wildman–Crippen LogP) is 5.89. The molecule has 2 unspecified atom stereocenters. The zero-order chi connectivity index (χ0) is 23.7. The van der Waals surface area contributed by atoms with Crippen LogP contribution in [0.25, 0.3) is 0 Å². The molecule has 1 aliphatic heterocycles. The molecule has 2 atom stereocenters. The van der Waals surface area contributed by atoms with E-state index in [9.17, 15) is 9.59 Å². The smallest absolute Gasteiger partial charge is 0.330 e. The third-order valence-corrected chi connectivity index (χ3v) is 7.08. The van der Waals surface area contributed by atoms with Crippen molar-refractivity contribution < 1.29 is 14.3 Å². The van der Waals surface area contributed by atoms with E-state index in [2.05, 4.69) is 36.2 Å². The number of ether oxygens (including phenoxy) is 1. The fraction of sp³-hybridized carbons (Fsp3) is 0.379. The Bertz CT molecular complexity index is 1150. The zero-order valence-electron chi connectivity index (χ0n) is 19.9. The summed E-state index contributed by atoms with van der Waals surface area (Å²) in [7, 11) is 0. The van der Waals surface area contributed by atoms with Gasteiger partial charge in [0.05, 0.1) is 17.4 Å². The first-order valence-corrected chi connectivity index (χ1v) is 12.2. The molecule has 0 bridgehead atoms. The highest BCUT2D eigenvalue weighted by atomic mass is 16.5. The number of para-hydroxylation sites is 3. The largest absolute Gasteiger partial charge is 0.425 e. The highest BCUT2D eigenvalue weighted by Crippen LogP contribution is 2.46. The van der Waals surface area contributed by atoms with Gasteiger partial charge in [-0.25, -0.2) is 4.79 Å². The van der Waals surface area contributed by atoms with E-state index in [0.717, 1.165) is 48.3 Å². The number of ketones is 1. The molecule has 176 valence electrons. The molecule has 34 heavy (non-hydrogen) atoms. The number of nitrogens with zero attached hydrogens (tertiary/aromatic N) is 1. The zero-order valence-corrected chi connectivity index (χ0v) is 19.9. The van der Waals surface area contributed by atoms with Crippen LogP contribution in [-0.2, 0) is 9.59 Å². The minimum Gasteiger partial charge on any atom is -0.425 e. The molecule has 0 amide bonds. The van der Waals surface area contributed by atoms with Crippen LogP contribution in [0, 0.1) is 11.3 Å². The Kier molecular flexibility index (Phi) is 6.03. The van der Waals surface area contributed by atoms with Crippen LogP contribution >= 0.6 is 0 Å². The van der Waals surface area contributed by atoms with Gasteiger partial charge in [-0.05, 0) is 61.3 Å². The van der Waals surface area contributed by atoms with Crippen molar-refractivity contribution in [1.82, 2.24) is 0 Å². The third kappa shape index (κ3) is 4.52. The summed E-state index contributed by atoms with van der Waals surface area (Å²) in [6.45, 7) is 4.38. The van der Waals surface area contributed by atoms with Crippen molar-refractivity contribution >= 4 is 23.1 Å². The van der Waals surface area contributed by atoms with Crippen molar-refractivity contribution in [3.8, 4) is 5.75 Å². The molecular formula is C29H32N2O3. The highest BCUT2D eigenvalue weighted by Gasteiger charge is 2.44. The maximum Gasteiger partial charge on any atom is 0.330 e. The van der Waals surface area contributed by atoms with Crippen LogP contribution in [0.15, 0.2) is 78.0 Å². The minimum absolute atomic E-state index is 0.0753. The summed E-state index contributed by atoms with van der Waals surface area (Å²) in [5.74, 6) is 0.636. The average Bonchev–Trinajstić information content (AvgIpc) is 2.94. The molecule has 5 rings (SSSR count). The number of rotatable bonds is 4. The molecule has 2 aromatic rings. The van der Waals surface area contributed by atoms with Crippen LogP contribution in [0.1, 0.15) is 46.0 Å². The number of allylic oxidation sites excluding steroid dienone is 3. The van der Waals surface area contributed by atoms with E-state index in [1.165, 1.54) is 0 Å². The first kappa shape index (κ1) is 22.5. The summed E-state index contributed by atoms with van der Waals surface area (Å²) in [5.41, 5.74) is 3.63. The fourth-order valence-electron chi connectivity index (χ4n) is 5.66. The monoisotopic (exact) mass is 456 g/mol. The fourth-order valence-corrected chi connectivity index (χ4v) is 5.66. The Balaban J connectivity index is 1.59. The van der Waals surface area contributed by atoms with Gasteiger partial charge < -0.3 is 15.0 Å². The average molecular weight is 457 g/mol. The van der Waals surface area contributed by atoms with Crippen LogP contribution in [0.2, 0.25) is 0 Å². The number of carbonyl (C=O) groups excluding carboxylic acids is 2. The number of hydrogen-bond donors (Lipinski definition) is 1. The number of benzene rings is 2. The quantitative estimate of drug-likeness (QED) is 0.353. The van der Waals surface area contributed by atoms with Gasteiger partial charge in [0.15, 0.2) is 5.78 Å². The van der Waals surface area contributed by atoms with Crippen molar-refractivity contribution in [2.45, 2.75) is 52.0 Å². The van der Waals surface area contributed by atoms with Gasteiger partial charge in [-0.3, -0.25) is 4.79 Å². The van der Waals surface area contributed by atoms with Gasteiger partial charge in [0.25, 0.3) is 0 Å². The number of carbonyl (C=O) groups is 2. The van der Waals surface area contributed by atoms with Crippen molar-refractivity contribution in [1.29, 1.82) is 0 Å². The Morgan fingerprint density at radius 3 is 2.59 bits per heavy atom. The van der Waals surface area contributed by atoms with Gasteiger partial charge in [-0.1, -0.05) is 56.3 Å². The van der Waals surface area contributed by atoms with E-state index in [-0.39, 0.29) is 35.7 Å². The molecule has 2 aromatic carbocycles. The molecule has 0 radical (unpaired) electrons. The molecule has 5 heteroatoms. The van der Waals surface area contributed by atoms with Crippen LogP contribution in [0.4, 0.5) is 11.4 Å². The first-order valence-electron chi connectivity index (χ1n) is 12.2. The highest BCUT2D eigenvalue weighted by molar-refractivity contribution is 6.01. The Labute approximate surface area is 201 Å². The van der Waals surface area contributed by atoms with E-state index in [4.69, 9.17) is 4.74 Å². The number of esters is 1. The molecule has 3 aliphatic rings. The molecule has 2 aliphatic carbocycles. The lowest BCUT2D eigenvalue weighted by Gasteiger charge is -2.41. The summed E-state index contributed by atoms with van der Waals surface area (Å²) < 4.78 is 5.69. The molecule has 0 spiro atoms. The predicted molar refractivity (Wildman–Crippen MR) is 135 cm³/mol. The maximum absolute atomic E-state index is 13.7. The Morgan fingerprint density at radius 2 is 1.82 bits per heavy atom. The lowest BCUT2D eigenvalue weighted by Crippen LogP contribution is -2.48. The summed E-state index contributed by atoms with van der Waals surface area (Å²) in [4.78, 5) is 29.0. The second kappa shape index (κ2) is 9.13. The Hall–Kier alpha value is -3.34. The summed E-state index contributed by atoms with van der Waals surface area (Å²) >= 11 is 0. The van der Waals surface area contributed by atoms with E-state index in [1.54, 1.807) is 12.1 Å². The van der Waals surface area contributed by atoms with Gasteiger partial charge in [0.1, 0.15) is 12.3 Å². The van der Waals surface area contributed by atoms with Crippen LogP contribution < -0.4 is 15.0 Å². The van der Waals surface area contributed by atoms with Crippen LogP contribution in [0.5, 0.6) is 5.75 Å². The van der Waals surface area contributed by atoms with Crippen molar-refractivity contribution in [2.75, 3.05) is 16.8 Å². The lowest BCUT2D eigenvalue weighted by molar-refractivity contribution is -0.133. The third-order valence-electron chi connectivity index (χ3n) is 7.08. The van der Waals surface area contributed by atoms with Gasteiger partial charge in [0, 0.05) is 17.7 Å². The molecule has 0 fully saturated rings. The van der Waals surface area contributed by atoms with Crippen molar-refractivity contribution in [3.63, 3.8) is 0 Å². The molecule has 0 aromatic heterocycles. The number of fused-ring (bicyclic) bond motifs is 1. The second-order valence-electron chi connectivity index (χ2n) is 10.4. The standard InChI is InChI=1S/C29H32N2O3/c1-29(2)17-23-27(25(32)18-29)28(20-11-5-3-6-12-20)31(24-16-10-9-15-22(24)30-23)19-26(33)34-21-13-7-4-8-14-21/h3-5,7-10,13-16,20,28,30H,6,11-12,17-19H2,1-2H3. The van der Waals surface area contributed by atoms with Crippen molar-refractivity contribution in [3.05, 3.63) is 78.0 Å². The van der Waals surface area contributed by atoms with Gasteiger partial charge in [-0.2, -0.15) is 0 Å². The van der Waals surface area contributed by atoms with Crippen LogP contribution in [-0.4, -0.2) is 24.3 Å². The van der Waals surface area contributed by atoms with Gasteiger partial charge in [-0.15, -0.1) is 0 Å². The number of hydrogen-bond acceptors (Lipinski definition) is 5. The maximum atomic E-state index is 13.7. The van der Waals surface area contributed by atoms with E-state index in [0.29, 0.717) is 12.2 Å². The molecule has 1 heterocycles.